The van der Waals surface area contributed by atoms with E-state index in [9.17, 15) is 9.59 Å². The Morgan fingerprint density at radius 1 is 1.16 bits per heavy atom. The Morgan fingerprint density at radius 2 is 1.87 bits per heavy atom. The van der Waals surface area contributed by atoms with Crippen molar-refractivity contribution in [3.63, 3.8) is 0 Å². The van der Waals surface area contributed by atoms with Crippen molar-refractivity contribution in [2.75, 3.05) is 6.61 Å². The van der Waals surface area contributed by atoms with Gasteiger partial charge in [0, 0.05) is 22.1 Å². The van der Waals surface area contributed by atoms with Crippen LogP contribution < -0.4 is 10.1 Å². The maximum absolute atomic E-state index is 13.1. The lowest BCUT2D eigenvalue weighted by molar-refractivity contribution is -0.142. The summed E-state index contributed by atoms with van der Waals surface area (Å²) in [6.07, 6.45) is 5.46. The van der Waals surface area contributed by atoms with Gasteiger partial charge in [-0.15, -0.1) is 0 Å². The third-order valence-corrected chi connectivity index (χ3v) is 6.30. The molecule has 1 atom stereocenters. The van der Waals surface area contributed by atoms with Crippen LogP contribution in [-0.4, -0.2) is 35.4 Å². The average Bonchev–Trinajstić information content (AvgIpc) is 2.77. The first-order valence-electron chi connectivity index (χ1n) is 10.6. The number of benzene rings is 2. The summed E-state index contributed by atoms with van der Waals surface area (Å²) in [5, 5.41) is 3.72. The zero-order valence-electron chi connectivity index (χ0n) is 17.7. The molecule has 1 aliphatic rings. The summed E-state index contributed by atoms with van der Waals surface area (Å²) >= 11 is 9.50. The maximum atomic E-state index is 13.1. The Kier molecular flexibility index (Phi) is 8.79. The molecular weight excluding hydrogens is 480 g/mol. The second-order valence-corrected chi connectivity index (χ2v) is 9.27. The number of carbonyl (C=O) groups excluding carboxylic acids is 2. The molecule has 1 N–H and O–H groups in total. The summed E-state index contributed by atoms with van der Waals surface area (Å²) in [6, 6.07) is 14.2. The van der Waals surface area contributed by atoms with Crippen LogP contribution >= 0.6 is 27.5 Å². The van der Waals surface area contributed by atoms with Crippen LogP contribution in [0.1, 0.15) is 44.6 Å². The molecule has 2 aromatic carbocycles. The van der Waals surface area contributed by atoms with Gasteiger partial charge < -0.3 is 15.0 Å². The molecule has 1 saturated carbocycles. The highest BCUT2D eigenvalue weighted by Gasteiger charge is 2.28. The predicted octanol–water partition coefficient (Wildman–Crippen LogP) is 5.35. The number of hydrogen-bond acceptors (Lipinski definition) is 3. The van der Waals surface area contributed by atoms with E-state index in [1.54, 1.807) is 30.0 Å². The lowest BCUT2D eigenvalue weighted by Crippen LogP contribution is -2.51. The van der Waals surface area contributed by atoms with Crippen LogP contribution in [-0.2, 0) is 16.1 Å². The van der Waals surface area contributed by atoms with Crippen LogP contribution in [0.4, 0.5) is 0 Å². The lowest BCUT2D eigenvalue weighted by Gasteiger charge is -2.31. The molecule has 0 aliphatic heterocycles. The third kappa shape index (κ3) is 7.25. The molecule has 0 spiro atoms. The van der Waals surface area contributed by atoms with Gasteiger partial charge in [0.1, 0.15) is 11.8 Å². The van der Waals surface area contributed by atoms with E-state index in [2.05, 4.69) is 21.2 Å². The van der Waals surface area contributed by atoms with Crippen molar-refractivity contribution < 1.29 is 14.3 Å². The molecule has 0 radical (unpaired) electrons. The highest BCUT2D eigenvalue weighted by atomic mass is 79.9. The van der Waals surface area contributed by atoms with Gasteiger partial charge >= 0.3 is 0 Å². The summed E-state index contributed by atoms with van der Waals surface area (Å²) in [5.41, 5.74) is 0.863. The number of ether oxygens (including phenoxy) is 1. The van der Waals surface area contributed by atoms with E-state index in [0.29, 0.717) is 10.8 Å². The molecule has 5 nitrogen and oxygen atoms in total. The molecule has 1 fully saturated rings. The number of amides is 2. The Hall–Kier alpha value is -2.05. The molecule has 0 aromatic heterocycles. The Bertz CT molecular complexity index is 885. The van der Waals surface area contributed by atoms with E-state index in [1.807, 2.05) is 30.3 Å². The Morgan fingerprint density at radius 3 is 2.55 bits per heavy atom. The number of halogens is 2. The third-order valence-electron chi connectivity index (χ3n) is 5.54. The van der Waals surface area contributed by atoms with Gasteiger partial charge in [0.05, 0.1) is 0 Å². The minimum Gasteiger partial charge on any atom is -0.484 e. The smallest absolute Gasteiger partial charge is 0.261 e. The monoisotopic (exact) mass is 506 g/mol. The van der Waals surface area contributed by atoms with Gasteiger partial charge in [-0.2, -0.15) is 0 Å². The van der Waals surface area contributed by atoms with E-state index >= 15 is 0 Å². The minimum absolute atomic E-state index is 0.133. The minimum atomic E-state index is -0.623. The van der Waals surface area contributed by atoms with Crippen LogP contribution in [0.15, 0.2) is 53.0 Å². The van der Waals surface area contributed by atoms with Gasteiger partial charge in [0.2, 0.25) is 5.91 Å². The quantitative estimate of drug-likeness (QED) is 0.524. The summed E-state index contributed by atoms with van der Waals surface area (Å²) in [4.78, 5) is 27.6. The zero-order chi connectivity index (χ0) is 22.2. The number of nitrogens with one attached hydrogen (secondary N) is 1. The first-order valence-corrected chi connectivity index (χ1v) is 11.8. The molecule has 31 heavy (non-hydrogen) atoms. The van der Waals surface area contributed by atoms with E-state index < -0.39 is 6.04 Å². The fraction of sp³-hybridized carbons (Fsp3) is 0.417. The predicted molar refractivity (Wildman–Crippen MR) is 126 cm³/mol. The standard InChI is InChI=1S/C24H28BrClN2O3/c1-17(24(30)27-21-8-3-2-4-9-21)28(15-18-6-5-7-20(26)14-18)23(29)16-31-22-12-10-19(25)11-13-22/h5-7,10-14,17,21H,2-4,8-9,15-16H2,1H3,(H,27,30)/t17-/m1/s1. The first kappa shape index (κ1) is 23.6. The molecule has 2 aromatic rings. The molecule has 2 amide bonds. The van der Waals surface area contributed by atoms with Gasteiger partial charge in [0.25, 0.3) is 5.91 Å². The van der Waals surface area contributed by atoms with E-state index in [4.69, 9.17) is 16.3 Å². The number of carbonyl (C=O) groups is 2. The highest BCUT2D eigenvalue weighted by molar-refractivity contribution is 9.10. The molecule has 166 valence electrons. The van der Waals surface area contributed by atoms with Crippen molar-refractivity contribution in [3.05, 3.63) is 63.6 Å². The van der Waals surface area contributed by atoms with Crippen molar-refractivity contribution in [1.82, 2.24) is 10.2 Å². The van der Waals surface area contributed by atoms with Gasteiger partial charge in [-0.3, -0.25) is 9.59 Å². The van der Waals surface area contributed by atoms with Crippen LogP contribution in [0.2, 0.25) is 5.02 Å². The van der Waals surface area contributed by atoms with Gasteiger partial charge in [0.15, 0.2) is 6.61 Å². The summed E-state index contributed by atoms with van der Waals surface area (Å²) in [5.74, 6) is 0.207. The van der Waals surface area contributed by atoms with Gasteiger partial charge in [-0.1, -0.05) is 58.9 Å². The number of nitrogens with zero attached hydrogens (tertiary/aromatic N) is 1. The van der Waals surface area contributed by atoms with E-state index in [1.165, 1.54) is 6.42 Å². The molecule has 3 rings (SSSR count). The second kappa shape index (κ2) is 11.5. The van der Waals surface area contributed by atoms with E-state index in [0.717, 1.165) is 35.7 Å². The van der Waals surface area contributed by atoms with Crippen molar-refractivity contribution in [2.45, 2.75) is 57.7 Å². The topological polar surface area (TPSA) is 58.6 Å². The zero-order valence-corrected chi connectivity index (χ0v) is 20.0. The summed E-state index contributed by atoms with van der Waals surface area (Å²) < 4.78 is 6.61. The fourth-order valence-electron chi connectivity index (χ4n) is 3.74. The first-order chi connectivity index (χ1) is 14.9. The maximum Gasteiger partial charge on any atom is 0.261 e. The molecule has 0 bridgehead atoms. The van der Waals surface area contributed by atoms with Crippen LogP contribution in [0.3, 0.4) is 0 Å². The van der Waals surface area contributed by atoms with Crippen molar-refractivity contribution in [2.24, 2.45) is 0 Å². The summed E-state index contributed by atoms with van der Waals surface area (Å²) in [6.45, 7) is 1.89. The fourth-order valence-corrected chi connectivity index (χ4v) is 4.22. The number of rotatable bonds is 8. The molecular formula is C24H28BrClN2O3. The van der Waals surface area contributed by atoms with Crippen LogP contribution in [0, 0.1) is 0 Å². The van der Waals surface area contributed by atoms with E-state index in [-0.39, 0.29) is 31.0 Å². The molecule has 0 saturated heterocycles. The summed E-state index contributed by atoms with van der Waals surface area (Å²) in [7, 11) is 0. The molecule has 0 heterocycles. The Labute approximate surface area is 197 Å². The second-order valence-electron chi connectivity index (χ2n) is 7.91. The average molecular weight is 508 g/mol. The van der Waals surface area contributed by atoms with Gasteiger partial charge in [-0.05, 0) is 61.7 Å². The van der Waals surface area contributed by atoms with Crippen molar-refractivity contribution >= 4 is 39.3 Å². The highest BCUT2D eigenvalue weighted by Crippen LogP contribution is 2.20. The lowest BCUT2D eigenvalue weighted by atomic mass is 9.95. The molecule has 0 unspecified atom stereocenters. The number of hydrogen-bond donors (Lipinski definition) is 1. The molecule has 1 aliphatic carbocycles. The normalized spacial score (nSPS) is 15.2. The van der Waals surface area contributed by atoms with Gasteiger partial charge in [-0.25, -0.2) is 0 Å². The van der Waals surface area contributed by atoms with Crippen LogP contribution in [0.25, 0.3) is 0 Å². The largest absolute Gasteiger partial charge is 0.484 e. The molecule has 7 heteroatoms. The van der Waals surface area contributed by atoms with Crippen molar-refractivity contribution in [1.29, 1.82) is 0 Å². The van der Waals surface area contributed by atoms with Crippen molar-refractivity contribution in [3.8, 4) is 5.75 Å². The Balaban J connectivity index is 1.70. The SMILES string of the molecule is C[C@H](C(=O)NC1CCCCC1)N(Cc1cccc(Cl)c1)C(=O)COc1ccc(Br)cc1. The van der Waals surface area contributed by atoms with Crippen LogP contribution in [0.5, 0.6) is 5.75 Å².